The average molecular weight is 500 g/mol. The van der Waals surface area contributed by atoms with Gasteiger partial charge in [0.1, 0.15) is 17.5 Å². The summed E-state index contributed by atoms with van der Waals surface area (Å²) < 4.78 is 63.4. The predicted octanol–water partition coefficient (Wildman–Crippen LogP) is 4.50. The molecule has 0 spiro atoms. The van der Waals surface area contributed by atoms with E-state index in [1.165, 1.54) is 6.20 Å². The molecule has 2 saturated carbocycles. The average Bonchev–Trinajstić information content (AvgIpc) is 3.44. The molecular weight excluding hydrogens is 474 g/mol. The van der Waals surface area contributed by atoms with Crippen molar-refractivity contribution in [2.75, 3.05) is 44.2 Å². The van der Waals surface area contributed by atoms with E-state index in [2.05, 4.69) is 19.9 Å². The second kappa shape index (κ2) is 8.05. The lowest BCUT2D eigenvalue weighted by Crippen LogP contribution is -2.49. The molecule has 6 rings (SSSR count). The number of fused-ring (bicyclic) bond motifs is 3. The van der Waals surface area contributed by atoms with Crippen LogP contribution in [0.1, 0.15) is 32.1 Å². The van der Waals surface area contributed by atoms with Gasteiger partial charge in [-0.1, -0.05) is 11.6 Å². The lowest BCUT2D eigenvalue weighted by atomic mass is 9.93. The summed E-state index contributed by atoms with van der Waals surface area (Å²) in [5.41, 5.74) is -0.127. The van der Waals surface area contributed by atoms with E-state index in [0.717, 1.165) is 25.9 Å². The van der Waals surface area contributed by atoms with E-state index in [9.17, 15) is 17.6 Å². The van der Waals surface area contributed by atoms with Crippen LogP contribution >= 0.6 is 11.6 Å². The van der Waals surface area contributed by atoms with Gasteiger partial charge >= 0.3 is 6.01 Å². The number of hydrogen-bond donors (Lipinski definition) is 0. The topological polar surface area (TPSA) is 54.4 Å². The number of likely N-dealkylation sites (tertiary alicyclic amines) is 1. The Balaban J connectivity index is 1.28. The van der Waals surface area contributed by atoms with Crippen molar-refractivity contribution >= 4 is 28.3 Å². The largest absolute Gasteiger partial charge is 0.463 e. The van der Waals surface area contributed by atoms with Crippen LogP contribution in [0.2, 0.25) is 5.15 Å². The van der Waals surface area contributed by atoms with Crippen LogP contribution in [-0.2, 0) is 0 Å². The fourth-order valence-corrected chi connectivity index (χ4v) is 5.92. The van der Waals surface area contributed by atoms with Gasteiger partial charge in [-0.05, 0) is 32.1 Å². The number of piperidine rings is 1. The zero-order valence-corrected chi connectivity index (χ0v) is 19.4. The third kappa shape index (κ3) is 3.86. The molecule has 2 bridgehead atoms. The Morgan fingerprint density at radius 2 is 1.82 bits per heavy atom. The summed E-state index contributed by atoms with van der Waals surface area (Å²) in [6.07, 6.45) is 3.98. The summed E-state index contributed by atoms with van der Waals surface area (Å²) in [7, 11) is 0. The van der Waals surface area contributed by atoms with Crippen LogP contribution < -0.4 is 9.64 Å². The van der Waals surface area contributed by atoms with Gasteiger partial charge in [-0.2, -0.15) is 9.97 Å². The number of pyridine rings is 1. The second-order valence-electron chi connectivity index (χ2n) is 10.4. The van der Waals surface area contributed by atoms with Crippen molar-refractivity contribution in [1.29, 1.82) is 0 Å². The van der Waals surface area contributed by atoms with Crippen molar-refractivity contribution in [2.45, 2.75) is 44.2 Å². The lowest BCUT2D eigenvalue weighted by molar-refractivity contribution is -0.0830. The number of nitrogens with zero attached hydrogens (tertiary/aromatic N) is 5. The lowest BCUT2D eigenvalue weighted by Gasteiger charge is -2.38. The maximum Gasteiger partial charge on any atom is 0.319 e. The van der Waals surface area contributed by atoms with Gasteiger partial charge in [0, 0.05) is 56.2 Å². The highest BCUT2D eigenvalue weighted by Crippen LogP contribution is 2.50. The van der Waals surface area contributed by atoms with Gasteiger partial charge in [0.05, 0.1) is 12.0 Å². The minimum absolute atomic E-state index is 0.00980. The third-order valence-electron chi connectivity index (χ3n) is 7.97. The second-order valence-corrected chi connectivity index (χ2v) is 10.8. The van der Waals surface area contributed by atoms with Crippen molar-refractivity contribution in [3.05, 3.63) is 17.2 Å². The van der Waals surface area contributed by atoms with Crippen LogP contribution in [0.3, 0.4) is 0 Å². The molecule has 2 aliphatic heterocycles. The Bertz CT molecular complexity index is 1100. The molecule has 4 aliphatic rings. The van der Waals surface area contributed by atoms with E-state index in [0.29, 0.717) is 43.6 Å². The summed E-state index contributed by atoms with van der Waals surface area (Å²) in [4.78, 5) is 16.6. The number of ether oxygens (including phenoxy) is 1. The van der Waals surface area contributed by atoms with Crippen LogP contribution in [0.4, 0.5) is 23.4 Å². The van der Waals surface area contributed by atoms with E-state index < -0.39 is 29.7 Å². The summed E-state index contributed by atoms with van der Waals surface area (Å²) in [6.45, 7) is 2.50. The molecule has 2 aromatic heterocycles. The van der Waals surface area contributed by atoms with Crippen molar-refractivity contribution in [3.63, 3.8) is 0 Å². The molecule has 0 aromatic carbocycles. The first-order valence-corrected chi connectivity index (χ1v) is 12.3. The molecule has 6 nitrogen and oxygen atoms in total. The zero-order chi connectivity index (χ0) is 23.7. The van der Waals surface area contributed by atoms with Gasteiger partial charge < -0.3 is 9.64 Å². The smallest absolute Gasteiger partial charge is 0.319 e. The highest BCUT2D eigenvalue weighted by Gasteiger charge is 2.56. The number of rotatable bonds is 6. The highest BCUT2D eigenvalue weighted by atomic mass is 35.5. The Labute approximate surface area is 199 Å². The maximum absolute atomic E-state index is 14.9. The predicted molar refractivity (Wildman–Crippen MR) is 119 cm³/mol. The Morgan fingerprint density at radius 1 is 1.09 bits per heavy atom. The molecule has 2 aromatic rings. The molecule has 2 saturated heterocycles. The van der Waals surface area contributed by atoms with Crippen molar-refractivity contribution in [3.8, 4) is 6.01 Å². The first-order chi connectivity index (χ1) is 16.2. The van der Waals surface area contributed by atoms with Crippen LogP contribution in [0.15, 0.2) is 6.20 Å². The molecule has 1 unspecified atom stereocenters. The highest BCUT2D eigenvalue weighted by molar-refractivity contribution is 6.30. The number of anilines is 1. The number of alkyl halides is 3. The third-order valence-corrected chi connectivity index (χ3v) is 8.24. The van der Waals surface area contributed by atoms with Gasteiger partial charge in [-0.15, -0.1) is 0 Å². The van der Waals surface area contributed by atoms with Gasteiger partial charge in [0.15, 0.2) is 11.0 Å². The zero-order valence-electron chi connectivity index (χ0n) is 18.6. The van der Waals surface area contributed by atoms with Crippen LogP contribution in [0.5, 0.6) is 6.01 Å². The van der Waals surface area contributed by atoms with E-state index in [1.54, 1.807) is 4.90 Å². The standard InChI is InChI=1S/C23H26ClF4N5O/c24-19-17(26)18-16(7-29-19)20(33-8-13-1-2-14(9-33)23(13,27)28)31-21(30-18)34-12-22(4-5-22)11-32-6-3-15(25)10-32/h7,13-15H,1-6,8-12H2/t13-,14+,15?. The Morgan fingerprint density at radius 3 is 2.47 bits per heavy atom. The Kier molecular flexibility index (Phi) is 5.33. The van der Waals surface area contributed by atoms with Gasteiger partial charge in [0.25, 0.3) is 5.92 Å². The molecule has 4 heterocycles. The van der Waals surface area contributed by atoms with Crippen molar-refractivity contribution < 1.29 is 22.3 Å². The molecule has 0 amide bonds. The first-order valence-electron chi connectivity index (χ1n) is 11.9. The van der Waals surface area contributed by atoms with E-state index in [4.69, 9.17) is 16.3 Å². The molecule has 34 heavy (non-hydrogen) atoms. The van der Waals surface area contributed by atoms with Gasteiger partial charge in [-0.25, -0.2) is 22.5 Å². The summed E-state index contributed by atoms with van der Waals surface area (Å²) in [6, 6.07) is -0.00980. The van der Waals surface area contributed by atoms with Gasteiger partial charge in [-0.3, -0.25) is 4.90 Å². The van der Waals surface area contributed by atoms with Crippen LogP contribution in [-0.4, -0.2) is 71.3 Å². The number of hydrogen-bond acceptors (Lipinski definition) is 6. The molecule has 0 N–H and O–H groups in total. The minimum Gasteiger partial charge on any atom is -0.463 e. The van der Waals surface area contributed by atoms with Crippen molar-refractivity contribution in [2.24, 2.45) is 17.3 Å². The fourth-order valence-electron chi connectivity index (χ4n) is 5.78. The number of halogens is 5. The normalized spacial score (nSPS) is 29.7. The number of aromatic nitrogens is 3. The quantitative estimate of drug-likeness (QED) is 0.431. The molecule has 3 atom stereocenters. The summed E-state index contributed by atoms with van der Waals surface area (Å²) in [5.74, 6) is -4.66. The maximum atomic E-state index is 14.9. The first kappa shape index (κ1) is 22.5. The molecule has 11 heteroatoms. The molecule has 0 radical (unpaired) electrons. The molecule has 184 valence electrons. The van der Waals surface area contributed by atoms with Gasteiger partial charge in [0.2, 0.25) is 0 Å². The fraction of sp³-hybridized carbons (Fsp3) is 0.696. The van der Waals surface area contributed by atoms with Crippen LogP contribution in [0, 0.1) is 23.1 Å². The minimum atomic E-state index is -2.70. The SMILES string of the molecule is Fc1c(Cl)ncc2c(N3C[C@H]4CC[C@@H](C3)C4(F)F)nc(OCC3(CN4CCC(F)C4)CC3)nc12. The Hall–Kier alpha value is -1.94. The summed E-state index contributed by atoms with van der Waals surface area (Å²) >= 11 is 5.90. The van der Waals surface area contributed by atoms with Crippen molar-refractivity contribution in [1.82, 2.24) is 19.9 Å². The van der Waals surface area contributed by atoms with Crippen LogP contribution in [0.25, 0.3) is 10.9 Å². The van der Waals surface area contributed by atoms with E-state index in [1.807, 2.05) is 0 Å². The molecular formula is C23H26ClF4N5O. The van der Waals surface area contributed by atoms with E-state index >= 15 is 0 Å². The molecule has 4 fully saturated rings. The summed E-state index contributed by atoms with van der Waals surface area (Å²) in [5, 5.41) is 0.00729. The molecule has 2 aliphatic carbocycles. The van der Waals surface area contributed by atoms with E-state index in [-0.39, 0.29) is 35.2 Å². The monoisotopic (exact) mass is 499 g/mol.